The van der Waals surface area contributed by atoms with Crippen LogP contribution in [0.2, 0.25) is 5.02 Å². The van der Waals surface area contributed by atoms with Gasteiger partial charge in [0.25, 0.3) is 0 Å². The van der Waals surface area contributed by atoms with Crippen LogP contribution in [-0.2, 0) is 19.8 Å². The molecule has 4 rings (SSSR count). The van der Waals surface area contributed by atoms with Crippen molar-refractivity contribution in [1.29, 1.82) is 0 Å². The molecule has 150 valence electrons. The van der Waals surface area contributed by atoms with Gasteiger partial charge in [-0.1, -0.05) is 36.6 Å². The van der Waals surface area contributed by atoms with Crippen molar-refractivity contribution in [3.05, 3.63) is 34.9 Å². The molecule has 2 N–H and O–H groups in total. The maximum Gasteiger partial charge on any atom is 0.327 e. The van der Waals surface area contributed by atoms with E-state index in [2.05, 4.69) is 5.32 Å². The Morgan fingerprint density at radius 2 is 1.82 bits per heavy atom. The molecule has 0 radical (unpaired) electrons. The van der Waals surface area contributed by atoms with Crippen LogP contribution < -0.4 is 5.32 Å². The van der Waals surface area contributed by atoms with Crippen molar-refractivity contribution in [3.8, 4) is 0 Å². The number of aliphatic carboxylic acids is 1. The van der Waals surface area contributed by atoms with E-state index in [1.807, 2.05) is 26.0 Å². The first-order valence-electron chi connectivity index (χ1n) is 9.47. The Morgan fingerprint density at radius 1 is 1.21 bits per heavy atom. The number of hydrogen-bond donors (Lipinski definition) is 2. The van der Waals surface area contributed by atoms with Gasteiger partial charge in [-0.15, -0.1) is 11.8 Å². The third-order valence-electron chi connectivity index (χ3n) is 6.25. The Kier molecular flexibility index (Phi) is 4.66. The number of carboxylic acid groups (broad SMARTS) is 1. The van der Waals surface area contributed by atoms with Crippen molar-refractivity contribution in [1.82, 2.24) is 10.2 Å². The molecule has 2 saturated heterocycles. The minimum absolute atomic E-state index is 0.150. The van der Waals surface area contributed by atoms with E-state index in [1.54, 1.807) is 12.1 Å². The Hall–Kier alpha value is -1.73. The number of halogens is 1. The molecule has 3 fully saturated rings. The average molecular weight is 423 g/mol. The molecular formula is C20H23ClN2O4S. The minimum Gasteiger partial charge on any atom is -0.480 e. The molecule has 3 unspecified atom stereocenters. The van der Waals surface area contributed by atoms with Crippen LogP contribution in [-0.4, -0.2) is 50.0 Å². The van der Waals surface area contributed by atoms with Crippen molar-refractivity contribution in [2.45, 2.75) is 67.2 Å². The first-order valence-corrected chi connectivity index (χ1v) is 10.7. The SMILES string of the molecule is CC1(C)SC2C(NC(=O)C3(c4ccc(Cl)cc4)CCCC3)C(=O)N2C1C(=O)O. The van der Waals surface area contributed by atoms with Crippen LogP contribution in [0.3, 0.4) is 0 Å². The predicted octanol–water partition coefficient (Wildman–Crippen LogP) is 2.78. The largest absolute Gasteiger partial charge is 0.480 e. The summed E-state index contributed by atoms with van der Waals surface area (Å²) < 4.78 is -0.604. The van der Waals surface area contributed by atoms with Crippen molar-refractivity contribution in [2.24, 2.45) is 0 Å². The van der Waals surface area contributed by atoms with Crippen molar-refractivity contribution in [2.75, 3.05) is 0 Å². The zero-order chi connectivity index (χ0) is 20.3. The van der Waals surface area contributed by atoms with Crippen LogP contribution in [0.5, 0.6) is 0 Å². The molecule has 3 atom stereocenters. The minimum atomic E-state index is -1.01. The summed E-state index contributed by atoms with van der Waals surface area (Å²) in [6, 6.07) is 5.79. The molecule has 0 spiro atoms. The van der Waals surface area contributed by atoms with Crippen LogP contribution >= 0.6 is 23.4 Å². The molecule has 2 amide bonds. The lowest BCUT2D eigenvalue weighted by Crippen LogP contribution is -2.71. The molecule has 6 nitrogen and oxygen atoms in total. The van der Waals surface area contributed by atoms with E-state index in [0.29, 0.717) is 5.02 Å². The molecule has 1 aromatic carbocycles. The molecule has 3 aliphatic rings. The summed E-state index contributed by atoms with van der Waals surface area (Å²) in [6.07, 6.45) is 3.36. The summed E-state index contributed by atoms with van der Waals surface area (Å²) in [5.74, 6) is -1.47. The number of benzene rings is 1. The lowest BCUT2D eigenvalue weighted by molar-refractivity contribution is -0.161. The van der Waals surface area contributed by atoms with Gasteiger partial charge in [0.2, 0.25) is 11.8 Å². The van der Waals surface area contributed by atoms with Gasteiger partial charge in [-0.3, -0.25) is 9.59 Å². The molecule has 1 saturated carbocycles. The van der Waals surface area contributed by atoms with E-state index in [-0.39, 0.29) is 17.2 Å². The second kappa shape index (κ2) is 6.66. The van der Waals surface area contributed by atoms with E-state index < -0.39 is 28.2 Å². The number of nitrogens with zero attached hydrogens (tertiary/aromatic N) is 1. The molecule has 2 aliphatic heterocycles. The summed E-state index contributed by atoms with van der Waals surface area (Å²) in [6.45, 7) is 3.65. The lowest BCUT2D eigenvalue weighted by Gasteiger charge is -2.44. The van der Waals surface area contributed by atoms with Crippen LogP contribution in [0.1, 0.15) is 45.1 Å². The number of carboxylic acids is 1. The van der Waals surface area contributed by atoms with E-state index >= 15 is 0 Å². The van der Waals surface area contributed by atoms with Crippen LogP contribution in [0, 0.1) is 0 Å². The number of rotatable bonds is 4. The first kappa shape index (κ1) is 19.6. The lowest BCUT2D eigenvalue weighted by atomic mass is 9.77. The van der Waals surface area contributed by atoms with Crippen molar-refractivity contribution >= 4 is 41.1 Å². The summed E-state index contributed by atoms with van der Waals surface area (Å²) in [4.78, 5) is 39.1. The van der Waals surface area contributed by atoms with Gasteiger partial charge < -0.3 is 15.3 Å². The Morgan fingerprint density at radius 3 is 2.39 bits per heavy atom. The quantitative estimate of drug-likeness (QED) is 0.728. The number of fused-ring (bicyclic) bond motifs is 1. The number of hydrogen-bond acceptors (Lipinski definition) is 4. The van der Waals surface area contributed by atoms with Gasteiger partial charge in [-0.05, 0) is 44.4 Å². The number of thioether (sulfide) groups is 1. The molecule has 0 bridgehead atoms. The highest BCUT2D eigenvalue weighted by molar-refractivity contribution is 8.01. The highest BCUT2D eigenvalue weighted by Gasteiger charge is 2.64. The fraction of sp³-hybridized carbons (Fsp3) is 0.550. The predicted molar refractivity (Wildman–Crippen MR) is 107 cm³/mol. The number of carbonyl (C=O) groups excluding carboxylic acids is 2. The van der Waals surface area contributed by atoms with Gasteiger partial charge in [0, 0.05) is 9.77 Å². The zero-order valence-corrected chi connectivity index (χ0v) is 17.3. The highest BCUT2D eigenvalue weighted by atomic mass is 35.5. The summed E-state index contributed by atoms with van der Waals surface area (Å²) >= 11 is 7.44. The molecule has 1 aliphatic carbocycles. The Labute approximate surface area is 173 Å². The fourth-order valence-electron chi connectivity index (χ4n) is 4.82. The van der Waals surface area contributed by atoms with E-state index in [4.69, 9.17) is 11.6 Å². The topological polar surface area (TPSA) is 86.7 Å². The average Bonchev–Trinajstić information content (AvgIpc) is 3.22. The maximum atomic E-state index is 13.3. The Balaban J connectivity index is 1.56. The second-order valence-corrected chi connectivity index (χ2v) is 10.6. The summed E-state index contributed by atoms with van der Waals surface area (Å²) in [7, 11) is 0. The molecule has 1 aromatic rings. The first-order chi connectivity index (χ1) is 13.2. The van der Waals surface area contributed by atoms with E-state index in [0.717, 1.165) is 31.2 Å². The molecule has 2 heterocycles. The standard InChI is InChI=1S/C20H23ClN2O4S/c1-19(2)14(17(25)26)23-15(24)13(16(23)28-19)22-18(27)20(9-3-4-10-20)11-5-7-12(21)8-6-11/h5-8,13-14,16H,3-4,9-10H2,1-2H3,(H,22,27)(H,25,26). The fourth-order valence-corrected chi connectivity index (χ4v) is 6.57. The molecule has 0 aromatic heterocycles. The normalized spacial score (nSPS) is 29.9. The number of carbonyl (C=O) groups is 3. The third-order valence-corrected chi connectivity index (χ3v) is 8.07. The van der Waals surface area contributed by atoms with E-state index in [9.17, 15) is 19.5 Å². The van der Waals surface area contributed by atoms with Crippen LogP contribution in [0.25, 0.3) is 0 Å². The van der Waals surface area contributed by atoms with Crippen LogP contribution in [0.4, 0.5) is 0 Å². The van der Waals surface area contributed by atoms with Gasteiger partial charge in [0.1, 0.15) is 17.5 Å². The van der Waals surface area contributed by atoms with Gasteiger partial charge in [0.05, 0.1) is 5.41 Å². The van der Waals surface area contributed by atoms with Gasteiger partial charge >= 0.3 is 5.97 Å². The van der Waals surface area contributed by atoms with Crippen molar-refractivity contribution < 1.29 is 19.5 Å². The zero-order valence-electron chi connectivity index (χ0n) is 15.8. The number of β-lactam (4-membered cyclic amide) rings is 1. The van der Waals surface area contributed by atoms with Gasteiger partial charge in [0.15, 0.2) is 0 Å². The summed E-state index contributed by atoms with van der Waals surface area (Å²) in [5.41, 5.74) is 0.259. The van der Waals surface area contributed by atoms with Gasteiger partial charge in [-0.2, -0.15) is 0 Å². The summed E-state index contributed by atoms with van der Waals surface area (Å²) in [5, 5.41) is 12.8. The van der Waals surface area contributed by atoms with Crippen LogP contribution in [0.15, 0.2) is 24.3 Å². The highest BCUT2D eigenvalue weighted by Crippen LogP contribution is 2.51. The molecule has 28 heavy (non-hydrogen) atoms. The third kappa shape index (κ3) is 2.82. The number of amides is 2. The molecular weight excluding hydrogens is 400 g/mol. The number of nitrogens with one attached hydrogen (secondary N) is 1. The monoisotopic (exact) mass is 422 g/mol. The van der Waals surface area contributed by atoms with E-state index in [1.165, 1.54) is 16.7 Å². The molecule has 8 heteroatoms. The second-order valence-electron chi connectivity index (χ2n) is 8.35. The Bertz CT molecular complexity index is 835. The van der Waals surface area contributed by atoms with Crippen molar-refractivity contribution in [3.63, 3.8) is 0 Å². The smallest absolute Gasteiger partial charge is 0.327 e. The van der Waals surface area contributed by atoms with Gasteiger partial charge in [-0.25, -0.2) is 4.79 Å². The maximum absolute atomic E-state index is 13.3.